The van der Waals surface area contributed by atoms with Crippen molar-refractivity contribution in [1.29, 1.82) is 0 Å². The van der Waals surface area contributed by atoms with Crippen molar-refractivity contribution in [3.05, 3.63) is 24.4 Å². The van der Waals surface area contributed by atoms with E-state index in [9.17, 15) is 9.90 Å². The molecule has 0 aliphatic carbocycles. The lowest BCUT2D eigenvalue weighted by atomic mass is 9.98. The molecule has 1 aromatic carbocycles. The number of methoxy groups -OCH3 is 1. The Bertz CT molecular complexity index is 755. The predicted octanol–water partition coefficient (Wildman–Crippen LogP) is 0.328. The summed E-state index contributed by atoms with van der Waals surface area (Å²) in [6.07, 6.45) is 2.24. The number of hydrogen-bond acceptors (Lipinski definition) is 7. The van der Waals surface area contributed by atoms with Crippen LogP contribution < -0.4 is 15.2 Å². The first-order chi connectivity index (χ1) is 12.1. The van der Waals surface area contributed by atoms with Crippen molar-refractivity contribution >= 4 is 16.9 Å². The van der Waals surface area contributed by atoms with Crippen LogP contribution in [0.15, 0.2) is 24.4 Å². The van der Waals surface area contributed by atoms with E-state index >= 15 is 0 Å². The van der Waals surface area contributed by atoms with Gasteiger partial charge in [-0.1, -0.05) is 0 Å². The number of piperidine rings is 1. The zero-order valence-electron chi connectivity index (χ0n) is 14.1. The van der Waals surface area contributed by atoms with Crippen LogP contribution in [0.25, 0.3) is 11.0 Å². The van der Waals surface area contributed by atoms with Crippen molar-refractivity contribution in [2.45, 2.75) is 25.0 Å². The Hall–Kier alpha value is -2.45. The van der Waals surface area contributed by atoms with Crippen molar-refractivity contribution in [3.8, 4) is 11.6 Å². The highest BCUT2D eigenvalue weighted by Crippen LogP contribution is 2.20. The zero-order valence-corrected chi connectivity index (χ0v) is 14.1. The van der Waals surface area contributed by atoms with Crippen LogP contribution in [0.5, 0.6) is 11.6 Å². The Morgan fingerprint density at radius 1 is 1.44 bits per heavy atom. The second kappa shape index (κ2) is 7.62. The summed E-state index contributed by atoms with van der Waals surface area (Å²) in [5.74, 6) is 0.587. The van der Waals surface area contributed by atoms with Gasteiger partial charge in [-0.3, -0.25) is 9.69 Å². The highest BCUT2D eigenvalue weighted by molar-refractivity contribution is 5.80. The molecule has 3 rings (SSSR count). The standard InChI is InChI=1S/C17H22N4O4/c1-24-11-4-5-12-13(9-11)20-15(10-19-12)25-8-7-21-6-2-3-14(22)16(21)17(18)23/h4-5,9-10,14,16,22H,2-3,6-8H2,1H3,(H2,18,23). The van der Waals surface area contributed by atoms with Crippen molar-refractivity contribution in [2.24, 2.45) is 5.73 Å². The molecular weight excluding hydrogens is 324 g/mol. The summed E-state index contributed by atoms with van der Waals surface area (Å²) in [5.41, 5.74) is 6.84. The van der Waals surface area contributed by atoms with E-state index < -0.39 is 18.1 Å². The number of aliphatic hydroxyl groups is 1. The molecule has 8 heteroatoms. The topological polar surface area (TPSA) is 111 Å². The molecule has 1 fully saturated rings. The lowest BCUT2D eigenvalue weighted by molar-refractivity contribution is -0.129. The van der Waals surface area contributed by atoms with Crippen molar-refractivity contribution in [3.63, 3.8) is 0 Å². The first kappa shape index (κ1) is 17.4. The molecule has 0 radical (unpaired) electrons. The zero-order chi connectivity index (χ0) is 17.8. The van der Waals surface area contributed by atoms with E-state index in [1.165, 1.54) is 0 Å². The second-order valence-electron chi connectivity index (χ2n) is 6.00. The largest absolute Gasteiger partial charge is 0.497 e. The number of aromatic nitrogens is 2. The molecule has 134 valence electrons. The average molecular weight is 346 g/mol. The quantitative estimate of drug-likeness (QED) is 0.775. The molecule has 1 aliphatic heterocycles. The molecule has 8 nitrogen and oxygen atoms in total. The number of likely N-dealkylation sites (tertiary alicyclic amines) is 1. The van der Waals surface area contributed by atoms with Crippen LogP contribution in [0.3, 0.4) is 0 Å². The number of ether oxygens (including phenoxy) is 2. The summed E-state index contributed by atoms with van der Waals surface area (Å²) >= 11 is 0. The van der Waals surface area contributed by atoms with Crippen LogP contribution in [0.1, 0.15) is 12.8 Å². The SMILES string of the molecule is COc1ccc2ncc(OCCN3CCCC(O)C3C(N)=O)nc2c1. The first-order valence-electron chi connectivity index (χ1n) is 8.23. The van der Waals surface area contributed by atoms with Crippen molar-refractivity contribution in [2.75, 3.05) is 26.8 Å². The lowest BCUT2D eigenvalue weighted by Crippen LogP contribution is -2.56. The molecular formula is C17H22N4O4. The van der Waals surface area contributed by atoms with E-state index in [1.807, 2.05) is 17.0 Å². The van der Waals surface area contributed by atoms with Crippen molar-refractivity contribution in [1.82, 2.24) is 14.9 Å². The average Bonchev–Trinajstić information content (AvgIpc) is 2.60. The lowest BCUT2D eigenvalue weighted by Gasteiger charge is -2.36. The van der Waals surface area contributed by atoms with Crippen LogP contribution in [-0.4, -0.2) is 64.8 Å². The van der Waals surface area contributed by atoms with E-state index in [1.54, 1.807) is 19.4 Å². The number of carbonyl (C=O) groups excluding carboxylic acids is 1. The molecule has 2 unspecified atom stereocenters. The fraction of sp³-hybridized carbons (Fsp3) is 0.471. The number of primary amides is 1. The van der Waals surface area contributed by atoms with Crippen LogP contribution in [-0.2, 0) is 4.79 Å². The fourth-order valence-corrected chi connectivity index (χ4v) is 3.10. The molecule has 25 heavy (non-hydrogen) atoms. The molecule has 1 amide bonds. The molecule has 0 spiro atoms. The third-order valence-electron chi connectivity index (χ3n) is 4.35. The summed E-state index contributed by atoms with van der Waals surface area (Å²) < 4.78 is 10.8. The summed E-state index contributed by atoms with van der Waals surface area (Å²) in [7, 11) is 1.59. The third kappa shape index (κ3) is 3.97. The highest BCUT2D eigenvalue weighted by Gasteiger charge is 2.34. The summed E-state index contributed by atoms with van der Waals surface area (Å²) in [6, 6.07) is 4.78. The van der Waals surface area contributed by atoms with Gasteiger partial charge in [0, 0.05) is 12.6 Å². The predicted molar refractivity (Wildman–Crippen MR) is 91.4 cm³/mol. The van der Waals surface area contributed by atoms with Gasteiger partial charge in [0.25, 0.3) is 0 Å². The summed E-state index contributed by atoms with van der Waals surface area (Å²) in [6.45, 7) is 1.50. The van der Waals surface area contributed by atoms with Crippen LogP contribution in [0, 0.1) is 0 Å². The third-order valence-corrected chi connectivity index (χ3v) is 4.35. The number of hydrogen-bond donors (Lipinski definition) is 2. The Morgan fingerprint density at radius 3 is 3.04 bits per heavy atom. The van der Waals surface area contributed by atoms with Crippen molar-refractivity contribution < 1.29 is 19.4 Å². The Balaban J connectivity index is 1.63. The molecule has 1 saturated heterocycles. The number of carbonyl (C=O) groups is 1. The van der Waals surface area contributed by atoms with Gasteiger partial charge in [0.1, 0.15) is 18.4 Å². The van der Waals surface area contributed by atoms with E-state index in [2.05, 4.69) is 9.97 Å². The fourth-order valence-electron chi connectivity index (χ4n) is 3.10. The molecule has 2 heterocycles. The number of nitrogens with zero attached hydrogens (tertiary/aromatic N) is 3. The van der Waals surface area contributed by atoms with Gasteiger partial charge >= 0.3 is 0 Å². The smallest absolute Gasteiger partial charge is 0.237 e. The van der Waals surface area contributed by atoms with Gasteiger partial charge < -0.3 is 20.3 Å². The number of fused-ring (bicyclic) bond motifs is 1. The molecule has 2 aromatic rings. The number of aliphatic hydroxyl groups excluding tert-OH is 1. The Labute approximate surface area is 145 Å². The molecule has 0 bridgehead atoms. The molecule has 0 saturated carbocycles. The Kier molecular flexibility index (Phi) is 5.30. The van der Waals surface area contributed by atoms with Gasteiger partial charge in [0.15, 0.2) is 0 Å². The number of rotatable bonds is 6. The van der Waals surface area contributed by atoms with Gasteiger partial charge in [-0.05, 0) is 31.5 Å². The maximum Gasteiger partial charge on any atom is 0.237 e. The summed E-state index contributed by atoms with van der Waals surface area (Å²) in [4.78, 5) is 22.1. The van der Waals surface area contributed by atoms with E-state index in [0.29, 0.717) is 43.3 Å². The monoisotopic (exact) mass is 346 g/mol. The maximum atomic E-state index is 11.6. The first-order valence-corrected chi connectivity index (χ1v) is 8.23. The minimum Gasteiger partial charge on any atom is -0.497 e. The van der Waals surface area contributed by atoms with E-state index in [4.69, 9.17) is 15.2 Å². The van der Waals surface area contributed by atoms with Gasteiger partial charge in [-0.2, -0.15) is 0 Å². The van der Waals surface area contributed by atoms with Crippen LogP contribution >= 0.6 is 0 Å². The molecule has 1 aliphatic rings. The molecule has 3 N–H and O–H groups in total. The van der Waals surface area contributed by atoms with Crippen LogP contribution in [0.4, 0.5) is 0 Å². The van der Waals surface area contributed by atoms with Crippen LogP contribution in [0.2, 0.25) is 0 Å². The minimum atomic E-state index is -0.723. The van der Waals surface area contributed by atoms with Gasteiger partial charge in [-0.15, -0.1) is 0 Å². The van der Waals surface area contributed by atoms with Gasteiger partial charge in [0.2, 0.25) is 11.8 Å². The summed E-state index contributed by atoms with van der Waals surface area (Å²) in [5, 5.41) is 9.98. The molecule has 1 aromatic heterocycles. The highest BCUT2D eigenvalue weighted by atomic mass is 16.5. The number of amides is 1. The van der Waals surface area contributed by atoms with E-state index in [-0.39, 0.29) is 0 Å². The minimum absolute atomic E-state index is 0.320. The normalized spacial score (nSPS) is 21.2. The number of benzene rings is 1. The second-order valence-corrected chi connectivity index (χ2v) is 6.00. The Morgan fingerprint density at radius 2 is 2.28 bits per heavy atom. The molecule has 2 atom stereocenters. The van der Waals surface area contributed by atoms with Gasteiger partial charge in [-0.25, -0.2) is 9.97 Å². The van der Waals surface area contributed by atoms with Gasteiger partial charge in [0.05, 0.1) is 30.4 Å². The maximum absolute atomic E-state index is 11.6. The number of nitrogens with two attached hydrogens (primary N) is 1. The van der Waals surface area contributed by atoms with E-state index in [0.717, 1.165) is 11.9 Å².